The molecule has 2 rings (SSSR count). The van der Waals surface area contributed by atoms with Gasteiger partial charge in [0.2, 0.25) is 5.91 Å². The molecule has 0 aromatic heterocycles. The van der Waals surface area contributed by atoms with Crippen molar-refractivity contribution in [2.24, 2.45) is 5.73 Å². The van der Waals surface area contributed by atoms with E-state index in [1.54, 1.807) is 4.90 Å². The zero-order valence-electron chi connectivity index (χ0n) is 12.6. The molecular formula is C18H22N2O. The molecule has 0 bridgehead atoms. The van der Waals surface area contributed by atoms with Gasteiger partial charge >= 0.3 is 0 Å². The molecule has 2 N–H and O–H groups in total. The van der Waals surface area contributed by atoms with Gasteiger partial charge in [0.25, 0.3) is 0 Å². The molecule has 0 saturated heterocycles. The highest BCUT2D eigenvalue weighted by molar-refractivity contribution is 5.76. The molecular weight excluding hydrogens is 260 g/mol. The molecule has 21 heavy (non-hydrogen) atoms. The van der Waals surface area contributed by atoms with Gasteiger partial charge in [-0.3, -0.25) is 4.79 Å². The SMILES string of the molecule is Cc1ccccc1CN(C)C(=O)CC(N)c1ccccc1. The molecule has 0 heterocycles. The topological polar surface area (TPSA) is 46.3 Å². The summed E-state index contributed by atoms with van der Waals surface area (Å²) in [6.45, 7) is 2.68. The third-order valence-electron chi connectivity index (χ3n) is 3.72. The average molecular weight is 282 g/mol. The highest BCUT2D eigenvalue weighted by atomic mass is 16.2. The summed E-state index contributed by atoms with van der Waals surface area (Å²) in [5.41, 5.74) is 9.47. The van der Waals surface area contributed by atoms with Crippen LogP contribution in [0.4, 0.5) is 0 Å². The van der Waals surface area contributed by atoms with Crippen LogP contribution >= 0.6 is 0 Å². The van der Waals surface area contributed by atoms with Crippen molar-refractivity contribution in [2.45, 2.75) is 25.9 Å². The van der Waals surface area contributed by atoms with Crippen LogP contribution in [0.3, 0.4) is 0 Å². The Morgan fingerprint density at radius 1 is 1.10 bits per heavy atom. The summed E-state index contributed by atoms with van der Waals surface area (Å²) in [7, 11) is 1.83. The van der Waals surface area contributed by atoms with Gasteiger partial charge in [0.05, 0.1) is 0 Å². The quantitative estimate of drug-likeness (QED) is 0.916. The van der Waals surface area contributed by atoms with Crippen molar-refractivity contribution in [1.29, 1.82) is 0 Å². The predicted octanol–water partition coefficient (Wildman–Crippen LogP) is 3.04. The minimum absolute atomic E-state index is 0.0645. The Morgan fingerprint density at radius 2 is 1.71 bits per heavy atom. The van der Waals surface area contributed by atoms with Crippen LogP contribution in [0.1, 0.15) is 29.2 Å². The van der Waals surface area contributed by atoms with Gasteiger partial charge in [-0.2, -0.15) is 0 Å². The highest BCUT2D eigenvalue weighted by Crippen LogP contribution is 2.16. The maximum Gasteiger partial charge on any atom is 0.224 e. The lowest BCUT2D eigenvalue weighted by atomic mass is 10.0. The molecule has 2 aromatic carbocycles. The first-order valence-corrected chi connectivity index (χ1v) is 7.17. The molecule has 0 spiro atoms. The van der Waals surface area contributed by atoms with Crippen LogP contribution < -0.4 is 5.73 Å². The Hall–Kier alpha value is -2.13. The van der Waals surface area contributed by atoms with E-state index in [0.29, 0.717) is 13.0 Å². The number of aryl methyl sites for hydroxylation is 1. The van der Waals surface area contributed by atoms with Crippen molar-refractivity contribution in [3.05, 3.63) is 71.3 Å². The average Bonchev–Trinajstić information content (AvgIpc) is 2.50. The number of benzene rings is 2. The highest BCUT2D eigenvalue weighted by Gasteiger charge is 2.15. The summed E-state index contributed by atoms with van der Waals surface area (Å²) in [4.78, 5) is 14.0. The van der Waals surface area contributed by atoms with E-state index in [1.165, 1.54) is 11.1 Å². The van der Waals surface area contributed by atoms with Crippen LogP contribution in [-0.4, -0.2) is 17.9 Å². The lowest BCUT2D eigenvalue weighted by Gasteiger charge is -2.21. The fourth-order valence-corrected chi connectivity index (χ4v) is 2.29. The second-order valence-corrected chi connectivity index (χ2v) is 5.40. The van der Waals surface area contributed by atoms with Gasteiger partial charge in [-0.15, -0.1) is 0 Å². The van der Waals surface area contributed by atoms with Gasteiger partial charge in [-0.1, -0.05) is 54.6 Å². The van der Waals surface area contributed by atoms with E-state index in [2.05, 4.69) is 19.1 Å². The van der Waals surface area contributed by atoms with Gasteiger partial charge < -0.3 is 10.6 Å². The van der Waals surface area contributed by atoms with Gasteiger partial charge in [0.1, 0.15) is 0 Å². The molecule has 2 aromatic rings. The summed E-state index contributed by atoms with van der Waals surface area (Å²) in [5, 5.41) is 0. The van der Waals surface area contributed by atoms with E-state index in [-0.39, 0.29) is 11.9 Å². The number of amides is 1. The molecule has 1 atom stereocenters. The van der Waals surface area contributed by atoms with Crippen LogP contribution in [0.15, 0.2) is 54.6 Å². The first-order chi connectivity index (χ1) is 10.1. The Bertz CT molecular complexity index is 595. The molecule has 0 saturated carbocycles. The predicted molar refractivity (Wildman–Crippen MR) is 85.6 cm³/mol. The van der Waals surface area contributed by atoms with Gasteiger partial charge in [0, 0.05) is 26.1 Å². The van der Waals surface area contributed by atoms with Crippen molar-refractivity contribution >= 4 is 5.91 Å². The number of hydrogen-bond donors (Lipinski definition) is 1. The normalized spacial score (nSPS) is 12.0. The molecule has 1 amide bonds. The summed E-state index contributed by atoms with van der Waals surface area (Å²) < 4.78 is 0. The Kier molecular flexibility index (Phi) is 5.12. The fourth-order valence-electron chi connectivity index (χ4n) is 2.29. The summed E-state index contributed by atoms with van der Waals surface area (Å²) in [6, 6.07) is 17.6. The van der Waals surface area contributed by atoms with Crippen molar-refractivity contribution in [3.63, 3.8) is 0 Å². The summed E-state index contributed by atoms with van der Waals surface area (Å²) in [6.07, 6.45) is 0.326. The molecule has 0 aliphatic heterocycles. The van der Waals surface area contributed by atoms with E-state index in [1.807, 2.05) is 49.5 Å². The first-order valence-electron chi connectivity index (χ1n) is 7.17. The van der Waals surface area contributed by atoms with E-state index in [4.69, 9.17) is 5.73 Å². The molecule has 3 nitrogen and oxygen atoms in total. The fraction of sp³-hybridized carbons (Fsp3) is 0.278. The largest absolute Gasteiger partial charge is 0.341 e. The lowest BCUT2D eigenvalue weighted by Crippen LogP contribution is -2.29. The van der Waals surface area contributed by atoms with Gasteiger partial charge in [-0.05, 0) is 23.6 Å². The molecule has 3 heteroatoms. The van der Waals surface area contributed by atoms with Crippen LogP contribution in [0.25, 0.3) is 0 Å². The minimum Gasteiger partial charge on any atom is -0.341 e. The Morgan fingerprint density at radius 3 is 2.38 bits per heavy atom. The zero-order valence-corrected chi connectivity index (χ0v) is 12.6. The maximum absolute atomic E-state index is 12.3. The molecule has 0 aliphatic rings. The molecule has 0 aliphatic carbocycles. The maximum atomic E-state index is 12.3. The number of nitrogens with two attached hydrogens (primary N) is 1. The Balaban J connectivity index is 1.95. The smallest absolute Gasteiger partial charge is 0.224 e. The van der Waals surface area contributed by atoms with Crippen LogP contribution in [-0.2, 0) is 11.3 Å². The molecule has 0 radical (unpaired) electrons. The summed E-state index contributed by atoms with van der Waals surface area (Å²) in [5.74, 6) is 0.0645. The lowest BCUT2D eigenvalue weighted by molar-refractivity contribution is -0.130. The van der Waals surface area contributed by atoms with Crippen LogP contribution in [0.2, 0.25) is 0 Å². The third-order valence-corrected chi connectivity index (χ3v) is 3.72. The van der Waals surface area contributed by atoms with Crippen molar-refractivity contribution in [2.75, 3.05) is 7.05 Å². The van der Waals surface area contributed by atoms with E-state index >= 15 is 0 Å². The molecule has 0 fully saturated rings. The minimum atomic E-state index is -0.252. The van der Waals surface area contributed by atoms with E-state index < -0.39 is 0 Å². The second kappa shape index (κ2) is 7.04. The standard InChI is InChI=1S/C18H22N2O/c1-14-8-6-7-11-16(14)13-20(2)18(21)12-17(19)15-9-4-3-5-10-15/h3-11,17H,12-13,19H2,1-2H3. The number of rotatable bonds is 5. The number of hydrogen-bond acceptors (Lipinski definition) is 2. The molecule has 110 valence electrons. The van der Waals surface area contributed by atoms with Crippen molar-refractivity contribution in [1.82, 2.24) is 4.90 Å². The van der Waals surface area contributed by atoms with Crippen LogP contribution in [0, 0.1) is 6.92 Å². The zero-order chi connectivity index (χ0) is 15.2. The van der Waals surface area contributed by atoms with Gasteiger partial charge in [0.15, 0.2) is 0 Å². The van der Waals surface area contributed by atoms with Crippen molar-refractivity contribution < 1.29 is 4.79 Å². The van der Waals surface area contributed by atoms with E-state index in [0.717, 1.165) is 5.56 Å². The monoisotopic (exact) mass is 282 g/mol. The van der Waals surface area contributed by atoms with Crippen molar-refractivity contribution in [3.8, 4) is 0 Å². The molecule has 1 unspecified atom stereocenters. The van der Waals surface area contributed by atoms with Gasteiger partial charge in [-0.25, -0.2) is 0 Å². The second-order valence-electron chi connectivity index (χ2n) is 5.40. The number of carbonyl (C=O) groups excluding carboxylic acids is 1. The number of nitrogens with zero attached hydrogens (tertiary/aromatic N) is 1. The Labute approximate surface area is 126 Å². The first kappa shape index (κ1) is 15.3. The van der Waals surface area contributed by atoms with Crippen LogP contribution in [0.5, 0.6) is 0 Å². The van der Waals surface area contributed by atoms with E-state index in [9.17, 15) is 4.79 Å². The number of carbonyl (C=O) groups is 1. The third kappa shape index (κ3) is 4.17. The summed E-state index contributed by atoms with van der Waals surface area (Å²) >= 11 is 0.